The number of rotatable bonds is 9. The van der Waals surface area contributed by atoms with Crippen molar-refractivity contribution >= 4 is 80.6 Å². The molecule has 1 heterocycles. The van der Waals surface area contributed by atoms with Crippen LogP contribution in [0.5, 0.6) is 11.5 Å². The van der Waals surface area contributed by atoms with E-state index in [4.69, 9.17) is 9.47 Å². The predicted molar refractivity (Wildman–Crippen MR) is 155 cm³/mol. The maximum absolute atomic E-state index is 5.52. The fourth-order valence-electron chi connectivity index (χ4n) is 3.04. The van der Waals surface area contributed by atoms with E-state index in [-0.39, 0.29) is 5.95 Å². The van der Waals surface area contributed by atoms with Gasteiger partial charge in [-0.05, 0) is 93.7 Å². The van der Waals surface area contributed by atoms with Crippen LogP contribution in [0.15, 0.2) is 71.8 Å². The quantitative estimate of drug-likeness (QED) is 0.111. The van der Waals surface area contributed by atoms with Crippen molar-refractivity contribution in [1.29, 1.82) is 0 Å². The van der Waals surface area contributed by atoms with Gasteiger partial charge in [0.1, 0.15) is 11.5 Å². The molecule has 0 spiro atoms. The highest BCUT2D eigenvalue weighted by atomic mass is 127. The summed E-state index contributed by atoms with van der Waals surface area (Å²) in [5, 5.41) is 10.7. The molecule has 0 radical (unpaired) electrons. The predicted octanol–water partition coefficient (Wildman–Crippen LogP) is 6.03. The zero-order valence-electron chi connectivity index (χ0n) is 18.8. The number of benzene rings is 3. The zero-order chi connectivity index (χ0) is 24.6. The lowest BCUT2D eigenvalue weighted by Gasteiger charge is -2.11. The highest BCUT2D eigenvalue weighted by Crippen LogP contribution is 2.27. The molecule has 178 valence electrons. The van der Waals surface area contributed by atoms with E-state index in [1.54, 1.807) is 20.4 Å². The first-order valence-corrected chi connectivity index (χ1v) is 12.5. The Balaban J connectivity index is 1.60. The van der Waals surface area contributed by atoms with Crippen LogP contribution in [0.3, 0.4) is 0 Å². The first-order chi connectivity index (χ1) is 17.0. The normalized spacial score (nSPS) is 10.7. The molecule has 0 atom stereocenters. The number of nitrogens with zero attached hydrogens (tertiary/aromatic N) is 4. The number of methoxy groups -OCH3 is 2. The van der Waals surface area contributed by atoms with E-state index in [1.165, 1.54) is 0 Å². The van der Waals surface area contributed by atoms with Gasteiger partial charge in [-0.25, -0.2) is 5.43 Å². The van der Waals surface area contributed by atoms with Crippen LogP contribution < -0.4 is 25.5 Å². The lowest BCUT2D eigenvalue weighted by Crippen LogP contribution is -2.07. The van der Waals surface area contributed by atoms with Gasteiger partial charge in [-0.3, -0.25) is 0 Å². The highest BCUT2D eigenvalue weighted by Gasteiger charge is 2.09. The van der Waals surface area contributed by atoms with Crippen molar-refractivity contribution < 1.29 is 9.47 Å². The van der Waals surface area contributed by atoms with E-state index < -0.39 is 0 Å². The summed E-state index contributed by atoms with van der Waals surface area (Å²) < 4.78 is 12.8. The van der Waals surface area contributed by atoms with E-state index >= 15 is 0 Å². The standard InChI is InChI=1S/C24H21I2N7O2/c1-34-19-10-8-18(9-11-19)29-23-30-22(28-17-6-4-3-5-7-17)31-24(32-23)33-27-14-15-12-16(25)13-20(26)21(15)35-2/h3-14H,1-2H3,(H3,28,29,30,31,32,33)/b27-14+. The fraction of sp³-hybridized carbons (Fsp3) is 0.0833. The van der Waals surface area contributed by atoms with Crippen LogP contribution in [0.25, 0.3) is 0 Å². The minimum atomic E-state index is 0.269. The van der Waals surface area contributed by atoms with Crippen LogP contribution in [0, 0.1) is 7.14 Å². The van der Waals surface area contributed by atoms with E-state index in [0.29, 0.717) is 11.9 Å². The van der Waals surface area contributed by atoms with Crippen LogP contribution in [-0.4, -0.2) is 35.4 Å². The Labute approximate surface area is 230 Å². The number of nitrogens with one attached hydrogen (secondary N) is 3. The largest absolute Gasteiger partial charge is 0.497 e. The van der Waals surface area contributed by atoms with Gasteiger partial charge in [0.25, 0.3) is 0 Å². The Kier molecular flexibility index (Phi) is 8.52. The third kappa shape index (κ3) is 6.91. The summed E-state index contributed by atoms with van der Waals surface area (Å²) in [6.45, 7) is 0. The van der Waals surface area contributed by atoms with Crippen molar-refractivity contribution in [1.82, 2.24) is 15.0 Å². The highest BCUT2D eigenvalue weighted by molar-refractivity contribution is 14.1. The van der Waals surface area contributed by atoms with Crippen molar-refractivity contribution in [2.75, 3.05) is 30.3 Å². The molecule has 35 heavy (non-hydrogen) atoms. The molecule has 0 unspecified atom stereocenters. The first-order valence-electron chi connectivity index (χ1n) is 10.4. The average Bonchev–Trinajstić information content (AvgIpc) is 2.85. The maximum Gasteiger partial charge on any atom is 0.250 e. The molecule has 4 rings (SSSR count). The number of hydrogen-bond donors (Lipinski definition) is 3. The molecule has 1 aromatic heterocycles. The Bertz CT molecular complexity index is 1320. The molecule has 0 aliphatic carbocycles. The third-order valence-electron chi connectivity index (χ3n) is 4.62. The number of ether oxygens (including phenoxy) is 2. The minimum absolute atomic E-state index is 0.269. The topological polar surface area (TPSA) is 106 Å². The van der Waals surface area contributed by atoms with Gasteiger partial charge in [-0.2, -0.15) is 20.1 Å². The summed E-state index contributed by atoms with van der Waals surface area (Å²) in [5.41, 5.74) is 5.39. The van der Waals surface area contributed by atoms with Gasteiger partial charge in [-0.15, -0.1) is 0 Å². The fourth-order valence-corrected chi connectivity index (χ4v) is 5.15. The molecule has 0 bridgehead atoms. The second-order valence-corrected chi connectivity index (χ2v) is 9.44. The van der Waals surface area contributed by atoms with Gasteiger partial charge in [0.15, 0.2) is 0 Å². The zero-order valence-corrected chi connectivity index (χ0v) is 23.1. The molecule has 0 saturated heterocycles. The number of para-hydroxylation sites is 1. The number of hydrogen-bond acceptors (Lipinski definition) is 9. The molecular formula is C24H21I2N7O2. The van der Waals surface area contributed by atoms with Gasteiger partial charge in [0.05, 0.1) is 24.0 Å². The van der Waals surface area contributed by atoms with Crippen LogP contribution in [0.2, 0.25) is 0 Å². The number of anilines is 5. The van der Waals surface area contributed by atoms with Gasteiger partial charge in [0.2, 0.25) is 17.8 Å². The van der Waals surface area contributed by atoms with Crippen LogP contribution in [-0.2, 0) is 0 Å². The van der Waals surface area contributed by atoms with Crippen molar-refractivity contribution in [2.45, 2.75) is 0 Å². The molecule has 3 aromatic carbocycles. The van der Waals surface area contributed by atoms with Gasteiger partial charge in [0, 0.05) is 20.5 Å². The monoisotopic (exact) mass is 693 g/mol. The van der Waals surface area contributed by atoms with Crippen LogP contribution >= 0.6 is 45.2 Å². The van der Waals surface area contributed by atoms with E-state index in [9.17, 15) is 0 Å². The Morgan fingerprint density at radius 3 is 2.03 bits per heavy atom. The van der Waals surface area contributed by atoms with Crippen molar-refractivity contribution in [2.24, 2.45) is 5.10 Å². The summed E-state index contributed by atoms with van der Waals surface area (Å²) in [4.78, 5) is 13.4. The summed E-state index contributed by atoms with van der Waals surface area (Å²) in [5.74, 6) is 2.49. The van der Waals surface area contributed by atoms with Crippen LogP contribution in [0.1, 0.15) is 5.56 Å². The molecule has 9 nitrogen and oxygen atoms in total. The molecule has 4 aromatic rings. The third-order valence-corrected chi connectivity index (χ3v) is 6.05. The number of aromatic nitrogens is 3. The maximum atomic E-state index is 5.52. The first kappa shape index (κ1) is 24.9. The minimum Gasteiger partial charge on any atom is -0.497 e. The van der Waals surface area contributed by atoms with E-state index in [1.807, 2.05) is 66.7 Å². The molecular weight excluding hydrogens is 672 g/mol. The molecule has 0 aliphatic heterocycles. The SMILES string of the molecule is COc1ccc(Nc2nc(N/N=C/c3cc(I)cc(I)c3OC)nc(Nc3ccccc3)n2)cc1. The molecule has 3 N–H and O–H groups in total. The molecule has 0 saturated carbocycles. The van der Waals surface area contributed by atoms with Crippen molar-refractivity contribution in [3.63, 3.8) is 0 Å². The summed E-state index contributed by atoms with van der Waals surface area (Å²) in [6, 6.07) is 21.1. The Hall–Kier alpha value is -3.20. The van der Waals surface area contributed by atoms with Gasteiger partial charge < -0.3 is 20.1 Å². The Morgan fingerprint density at radius 1 is 0.771 bits per heavy atom. The van der Waals surface area contributed by atoms with E-state index in [2.05, 4.69) is 81.3 Å². The van der Waals surface area contributed by atoms with Gasteiger partial charge >= 0.3 is 0 Å². The van der Waals surface area contributed by atoms with Crippen LogP contribution in [0.4, 0.5) is 29.2 Å². The lowest BCUT2D eigenvalue weighted by atomic mass is 10.2. The summed E-state index contributed by atoms with van der Waals surface area (Å²) >= 11 is 4.50. The number of hydrazone groups is 1. The van der Waals surface area contributed by atoms with Gasteiger partial charge in [-0.1, -0.05) is 18.2 Å². The summed E-state index contributed by atoms with van der Waals surface area (Å²) in [7, 11) is 3.26. The molecule has 0 amide bonds. The van der Waals surface area contributed by atoms with Crippen molar-refractivity contribution in [3.05, 3.63) is 79.4 Å². The molecule has 0 aliphatic rings. The molecule has 11 heteroatoms. The number of halogens is 2. The second-order valence-electron chi connectivity index (χ2n) is 7.03. The van der Waals surface area contributed by atoms with E-state index in [0.717, 1.165) is 35.6 Å². The second kappa shape index (κ2) is 12.0. The Morgan fingerprint density at radius 2 is 1.40 bits per heavy atom. The lowest BCUT2D eigenvalue weighted by molar-refractivity contribution is 0.411. The summed E-state index contributed by atoms with van der Waals surface area (Å²) in [6.07, 6.45) is 1.67. The average molecular weight is 693 g/mol. The smallest absolute Gasteiger partial charge is 0.250 e. The molecule has 0 fully saturated rings. The van der Waals surface area contributed by atoms with Crippen molar-refractivity contribution in [3.8, 4) is 11.5 Å².